The molecule has 0 radical (unpaired) electrons. The lowest BCUT2D eigenvalue weighted by Crippen LogP contribution is -2.31. The molecule has 2 aromatic rings. The van der Waals surface area contributed by atoms with Crippen LogP contribution in [0.2, 0.25) is 0 Å². The third-order valence-electron chi connectivity index (χ3n) is 3.19. The van der Waals surface area contributed by atoms with Crippen molar-refractivity contribution in [2.45, 2.75) is 25.5 Å². The number of carboxylic acid groups (broad SMARTS) is 1. The molecule has 32 heavy (non-hydrogen) atoms. The molecule has 0 amide bonds. The van der Waals surface area contributed by atoms with Gasteiger partial charge >= 0.3 is 36.4 Å². The number of carbonyl (C=O) groups is 3. The number of esters is 1. The van der Waals surface area contributed by atoms with E-state index in [1.807, 2.05) is 0 Å². The molecule has 0 fully saturated rings. The Hall–Kier alpha value is -3.59. The first-order chi connectivity index (χ1) is 14.3. The van der Waals surface area contributed by atoms with Crippen LogP contribution in [0.5, 0.6) is 0 Å². The maximum absolute atomic E-state index is 12.8. The summed E-state index contributed by atoms with van der Waals surface area (Å²) in [4.78, 5) is 35.0. The number of carboxylic acids is 1. The number of aryl methyl sites for hydroxylation is 1. The van der Waals surface area contributed by atoms with E-state index in [0.717, 1.165) is 6.07 Å². The molecule has 0 saturated carbocycles. The first-order valence-corrected chi connectivity index (χ1v) is 7.65. The van der Waals surface area contributed by atoms with Crippen LogP contribution in [0.25, 0.3) is 16.8 Å². The van der Waals surface area contributed by atoms with Crippen molar-refractivity contribution in [1.82, 2.24) is 9.55 Å². The molecule has 0 aliphatic rings. The number of fused-ring (bicyclic) bond motifs is 1. The number of aromatic nitrogens is 2. The number of imidazole rings is 1. The molecule has 1 N–H and O–H groups in total. The zero-order chi connectivity index (χ0) is 25.2. The fourth-order valence-corrected chi connectivity index (χ4v) is 1.93. The highest BCUT2D eigenvalue weighted by Crippen LogP contribution is 2.29. The fraction of sp³-hybridized carbons (Fsp3) is 0.250. The summed E-state index contributed by atoms with van der Waals surface area (Å²) in [6.45, 7) is 4.56. The van der Waals surface area contributed by atoms with Gasteiger partial charge in [-0.15, -0.1) is 0 Å². The summed E-state index contributed by atoms with van der Waals surface area (Å²) in [5.74, 6) is -9.98. The normalized spacial score (nSPS) is 12.1. The van der Waals surface area contributed by atoms with Crippen molar-refractivity contribution in [2.24, 2.45) is 0 Å². The van der Waals surface area contributed by atoms with Crippen LogP contribution in [0.4, 0.5) is 39.5 Å². The molecule has 0 aliphatic carbocycles. The second-order valence-corrected chi connectivity index (χ2v) is 5.68. The standard InChI is InChI=1S/C14H8F6N2O3.C2HF3O2/c1-6-3-4-9-8(5-6)21-10(22(9)11(23)13(15,16)17)7(2)25-12(24)14(18,19)20;3-2(4,5)1(6)7/h3-5H,2H2,1H3;(H,6,7). The summed E-state index contributed by atoms with van der Waals surface area (Å²) < 4.78 is 111. The SMILES string of the molecule is C=C(OC(=O)C(F)(F)F)c1nc2cc(C)ccc2n1C(=O)C(F)(F)F.O=C(O)C(F)(F)F. The van der Waals surface area contributed by atoms with Crippen molar-refractivity contribution in [3.05, 3.63) is 36.2 Å². The molecule has 0 bridgehead atoms. The van der Waals surface area contributed by atoms with Crippen molar-refractivity contribution in [3.63, 3.8) is 0 Å². The Labute approximate surface area is 170 Å². The lowest BCUT2D eigenvalue weighted by Gasteiger charge is -2.12. The lowest BCUT2D eigenvalue weighted by molar-refractivity contribution is -0.192. The molecule has 1 aromatic carbocycles. The van der Waals surface area contributed by atoms with Crippen molar-refractivity contribution >= 4 is 34.6 Å². The highest BCUT2D eigenvalue weighted by atomic mass is 19.4. The monoisotopic (exact) mass is 480 g/mol. The Bertz CT molecular complexity index is 1060. The van der Waals surface area contributed by atoms with Gasteiger partial charge in [-0.05, 0) is 24.6 Å². The number of hydrogen-bond donors (Lipinski definition) is 1. The first-order valence-electron chi connectivity index (χ1n) is 7.65. The summed E-state index contributed by atoms with van der Waals surface area (Å²) >= 11 is 0. The van der Waals surface area contributed by atoms with E-state index >= 15 is 0 Å². The van der Waals surface area contributed by atoms with Gasteiger partial charge in [-0.2, -0.15) is 39.5 Å². The molecule has 0 spiro atoms. The van der Waals surface area contributed by atoms with Gasteiger partial charge < -0.3 is 9.84 Å². The minimum absolute atomic E-state index is 0.000755. The maximum Gasteiger partial charge on any atom is 0.491 e. The Kier molecular flexibility index (Phi) is 7.34. The average Bonchev–Trinajstić information content (AvgIpc) is 2.97. The van der Waals surface area contributed by atoms with Gasteiger partial charge in [-0.1, -0.05) is 12.6 Å². The molecule has 176 valence electrons. The van der Waals surface area contributed by atoms with Crippen molar-refractivity contribution in [1.29, 1.82) is 0 Å². The van der Waals surface area contributed by atoms with E-state index in [0.29, 0.717) is 5.56 Å². The van der Waals surface area contributed by atoms with E-state index in [2.05, 4.69) is 16.3 Å². The van der Waals surface area contributed by atoms with E-state index in [4.69, 9.17) is 9.90 Å². The molecule has 1 aromatic heterocycles. The van der Waals surface area contributed by atoms with Gasteiger partial charge in [0, 0.05) is 0 Å². The molecule has 1 heterocycles. The van der Waals surface area contributed by atoms with Gasteiger partial charge in [0.05, 0.1) is 11.0 Å². The zero-order valence-electron chi connectivity index (χ0n) is 15.3. The Morgan fingerprint density at radius 2 is 1.47 bits per heavy atom. The van der Waals surface area contributed by atoms with Gasteiger partial charge in [0.2, 0.25) is 0 Å². The van der Waals surface area contributed by atoms with Crippen LogP contribution >= 0.6 is 0 Å². The number of benzene rings is 1. The highest BCUT2D eigenvalue weighted by Gasteiger charge is 2.44. The molecular formula is C16H9F9N2O5. The van der Waals surface area contributed by atoms with Gasteiger partial charge in [0.1, 0.15) is 0 Å². The number of nitrogens with zero attached hydrogens (tertiary/aromatic N) is 2. The summed E-state index contributed by atoms with van der Waals surface area (Å²) in [7, 11) is 0. The highest BCUT2D eigenvalue weighted by molar-refractivity contribution is 5.96. The molecule has 0 unspecified atom stereocenters. The number of ether oxygens (including phenoxy) is 1. The summed E-state index contributed by atoms with van der Waals surface area (Å²) in [5, 5.41) is 7.12. The number of aliphatic carboxylic acids is 1. The van der Waals surface area contributed by atoms with E-state index in [1.54, 1.807) is 6.92 Å². The molecular weight excluding hydrogens is 471 g/mol. The number of rotatable bonds is 2. The predicted molar refractivity (Wildman–Crippen MR) is 86.0 cm³/mol. The van der Waals surface area contributed by atoms with Crippen molar-refractivity contribution in [2.75, 3.05) is 0 Å². The topological polar surface area (TPSA) is 98.5 Å². The Morgan fingerprint density at radius 3 is 1.88 bits per heavy atom. The molecule has 2 rings (SSSR count). The fourth-order valence-electron chi connectivity index (χ4n) is 1.93. The van der Waals surface area contributed by atoms with Crippen LogP contribution in [-0.2, 0) is 14.3 Å². The number of carbonyl (C=O) groups excluding carboxylic acids is 2. The minimum atomic E-state index is -5.40. The Balaban J connectivity index is 0.000000633. The van der Waals surface area contributed by atoms with E-state index in [9.17, 15) is 49.1 Å². The largest absolute Gasteiger partial charge is 0.491 e. The quantitative estimate of drug-likeness (QED) is 0.392. The smallest absolute Gasteiger partial charge is 0.475 e. The second kappa shape index (κ2) is 8.88. The van der Waals surface area contributed by atoms with Crippen LogP contribution in [0.1, 0.15) is 16.2 Å². The summed E-state index contributed by atoms with van der Waals surface area (Å²) in [6.07, 6.45) is -15.8. The average molecular weight is 480 g/mol. The van der Waals surface area contributed by atoms with Crippen LogP contribution in [0.3, 0.4) is 0 Å². The number of halogens is 9. The summed E-state index contributed by atoms with van der Waals surface area (Å²) in [5.41, 5.74) is 0.130. The van der Waals surface area contributed by atoms with Gasteiger partial charge in [-0.25, -0.2) is 14.6 Å². The van der Waals surface area contributed by atoms with E-state index < -0.39 is 48.0 Å². The van der Waals surface area contributed by atoms with Gasteiger partial charge in [-0.3, -0.25) is 9.36 Å². The Morgan fingerprint density at radius 1 is 0.969 bits per heavy atom. The van der Waals surface area contributed by atoms with Gasteiger partial charge in [0.25, 0.3) is 0 Å². The molecule has 0 saturated heterocycles. The zero-order valence-corrected chi connectivity index (χ0v) is 15.3. The minimum Gasteiger partial charge on any atom is -0.475 e. The predicted octanol–water partition coefficient (Wildman–Crippen LogP) is 4.26. The third-order valence-corrected chi connectivity index (χ3v) is 3.19. The lowest BCUT2D eigenvalue weighted by atomic mass is 10.2. The van der Waals surface area contributed by atoms with Crippen LogP contribution in [-0.4, -0.2) is 51.0 Å². The summed E-state index contributed by atoms with van der Waals surface area (Å²) in [6, 6.07) is 3.81. The third kappa shape index (κ3) is 6.45. The van der Waals surface area contributed by atoms with Crippen LogP contribution in [0, 0.1) is 6.92 Å². The number of alkyl halides is 9. The van der Waals surface area contributed by atoms with Crippen molar-refractivity contribution in [3.8, 4) is 0 Å². The van der Waals surface area contributed by atoms with E-state index in [1.165, 1.54) is 12.1 Å². The second-order valence-electron chi connectivity index (χ2n) is 5.68. The van der Waals surface area contributed by atoms with E-state index in [-0.39, 0.29) is 15.6 Å². The molecule has 7 nitrogen and oxygen atoms in total. The molecule has 0 aliphatic heterocycles. The molecule has 0 atom stereocenters. The van der Waals surface area contributed by atoms with Crippen molar-refractivity contribution < 1.29 is 63.7 Å². The first kappa shape index (κ1) is 26.4. The maximum atomic E-state index is 12.8. The van der Waals surface area contributed by atoms with Crippen LogP contribution < -0.4 is 0 Å². The molecule has 16 heteroatoms. The van der Waals surface area contributed by atoms with Crippen LogP contribution in [0.15, 0.2) is 24.8 Å². The van der Waals surface area contributed by atoms with Gasteiger partial charge in [0.15, 0.2) is 11.6 Å². The number of hydrogen-bond acceptors (Lipinski definition) is 5.